The quantitative estimate of drug-likeness (QED) is 0.789. The van der Waals surface area contributed by atoms with Crippen LogP contribution in [0.1, 0.15) is 37.3 Å². The maximum absolute atomic E-state index is 12.5. The molecular formula is C14H18F3NO. The molecule has 0 saturated heterocycles. The van der Waals surface area contributed by atoms with Crippen LogP contribution in [0.2, 0.25) is 0 Å². The summed E-state index contributed by atoms with van der Waals surface area (Å²) in [6.45, 7) is 2.65. The maximum atomic E-state index is 12.5. The standard InChI is InChI=1S/C14H18F3NO/c1-2-3-9-18-13(19)8-7-11-5-4-6-12(10-11)14(15,16)17/h4-6,10H,2-3,7-9H2,1H3,(H,18,19). The summed E-state index contributed by atoms with van der Waals surface area (Å²) in [7, 11) is 0. The van der Waals surface area contributed by atoms with Gasteiger partial charge in [-0.3, -0.25) is 4.79 Å². The van der Waals surface area contributed by atoms with Crippen LogP contribution < -0.4 is 5.32 Å². The number of benzene rings is 1. The van der Waals surface area contributed by atoms with E-state index in [0.717, 1.165) is 25.0 Å². The third kappa shape index (κ3) is 5.77. The van der Waals surface area contributed by atoms with Crippen molar-refractivity contribution in [1.29, 1.82) is 0 Å². The van der Waals surface area contributed by atoms with Crippen LogP contribution in [-0.4, -0.2) is 12.5 Å². The van der Waals surface area contributed by atoms with E-state index in [2.05, 4.69) is 5.32 Å². The SMILES string of the molecule is CCCCNC(=O)CCc1cccc(C(F)(F)F)c1. The van der Waals surface area contributed by atoms with Crippen LogP contribution in [0.25, 0.3) is 0 Å². The molecule has 0 aliphatic heterocycles. The molecule has 19 heavy (non-hydrogen) atoms. The highest BCUT2D eigenvalue weighted by Gasteiger charge is 2.30. The molecule has 1 rings (SSSR count). The van der Waals surface area contributed by atoms with Gasteiger partial charge in [-0.05, 0) is 24.5 Å². The largest absolute Gasteiger partial charge is 0.416 e. The highest BCUT2D eigenvalue weighted by atomic mass is 19.4. The topological polar surface area (TPSA) is 29.1 Å². The summed E-state index contributed by atoms with van der Waals surface area (Å²) in [5.41, 5.74) is -0.142. The molecule has 2 nitrogen and oxygen atoms in total. The van der Waals surface area contributed by atoms with Gasteiger partial charge in [0, 0.05) is 13.0 Å². The molecule has 5 heteroatoms. The number of carbonyl (C=O) groups excluding carboxylic acids is 1. The van der Waals surface area contributed by atoms with Crippen molar-refractivity contribution >= 4 is 5.91 Å². The van der Waals surface area contributed by atoms with Crippen LogP contribution >= 0.6 is 0 Å². The Balaban J connectivity index is 2.47. The van der Waals surface area contributed by atoms with E-state index in [1.807, 2.05) is 6.92 Å². The van der Waals surface area contributed by atoms with E-state index in [9.17, 15) is 18.0 Å². The van der Waals surface area contributed by atoms with Gasteiger partial charge in [0.2, 0.25) is 5.91 Å². The van der Waals surface area contributed by atoms with Gasteiger partial charge >= 0.3 is 6.18 Å². The first-order valence-electron chi connectivity index (χ1n) is 6.36. The Labute approximate surface area is 111 Å². The van der Waals surface area contributed by atoms with E-state index in [0.29, 0.717) is 18.5 Å². The fourth-order valence-corrected chi connectivity index (χ4v) is 1.65. The third-order valence-corrected chi connectivity index (χ3v) is 2.75. The molecule has 1 N–H and O–H groups in total. The molecular weight excluding hydrogens is 255 g/mol. The fourth-order valence-electron chi connectivity index (χ4n) is 1.65. The Bertz CT molecular complexity index is 415. The van der Waals surface area contributed by atoms with Crippen LogP contribution in [0, 0.1) is 0 Å². The van der Waals surface area contributed by atoms with E-state index >= 15 is 0 Å². The average molecular weight is 273 g/mol. The van der Waals surface area contributed by atoms with Crippen LogP contribution in [-0.2, 0) is 17.4 Å². The van der Waals surface area contributed by atoms with Gasteiger partial charge in [0.15, 0.2) is 0 Å². The summed E-state index contributed by atoms with van der Waals surface area (Å²) in [5, 5.41) is 2.74. The number of alkyl halides is 3. The number of nitrogens with one attached hydrogen (secondary N) is 1. The number of halogens is 3. The summed E-state index contributed by atoms with van der Waals surface area (Å²) in [6.07, 6.45) is -1.89. The number of hydrogen-bond acceptors (Lipinski definition) is 1. The number of rotatable bonds is 6. The van der Waals surface area contributed by atoms with Crippen LogP contribution in [0.15, 0.2) is 24.3 Å². The van der Waals surface area contributed by atoms with Crippen molar-refractivity contribution in [2.75, 3.05) is 6.54 Å². The third-order valence-electron chi connectivity index (χ3n) is 2.75. The Morgan fingerprint density at radius 2 is 2.05 bits per heavy atom. The molecule has 1 aromatic carbocycles. The predicted molar refractivity (Wildman–Crippen MR) is 67.7 cm³/mol. The zero-order chi connectivity index (χ0) is 14.3. The molecule has 0 bridgehead atoms. The van der Waals surface area contributed by atoms with Gasteiger partial charge in [0.1, 0.15) is 0 Å². The molecule has 0 heterocycles. The zero-order valence-electron chi connectivity index (χ0n) is 10.9. The Morgan fingerprint density at radius 3 is 2.68 bits per heavy atom. The van der Waals surface area contributed by atoms with Crippen molar-refractivity contribution in [2.24, 2.45) is 0 Å². The average Bonchev–Trinajstić information content (AvgIpc) is 2.36. The number of hydrogen-bond donors (Lipinski definition) is 1. The molecule has 0 aliphatic carbocycles. The molecule has 0 spiro atoms. The fraction of sp³-hybridized carbons (Fsp3) is 0.500. The van der Waals surface area contributed by atoms with Crippen LogP contribution in [0.4, 0.5) is 13.2 Å². The molecule has 0 aromatic heterocycles. The van der Waals surface area contributed by atoms with Gasteiger partial charge in [-0.15, -0.1) is 0 Å². The molecule has 0 aliphatic rings. The smallest absolute Gasteiger partial charge is 0.356 e. The van der Waals surface area contributed by atoms with Crippen molar-refractivity contribution in [3.05, 3.63) is 35.4 Å². The van der Waals surface area contributed by atoms with Crippen molar-refractivity contribution in [2.45, 2.75) is 38.8 Å². The number of amides is 1. The molecule has 0 saturated carbocycles. The Morgan fingerprint density at radius 1 is 1.32 bits per heavy atom. The second-order valence-corrected chi connectivity index (χ2v) is 4.40. The first-order chi connectivity index (χ1) is 8.93. The lowest BCUT2D eigenvalue weighted by Crippen LogP contribution is -2.24. The monoisotopic (exact) mass is 273 g/mol. The Hall–Kier alpha value is -1.52. The molecule has 0 radical (unpaired) electrons. The highest BCUT2D eigenvalue weighted by molar-refractivity contribution is 5.76. The molecule has 1 amide bonds. The van der Waals surface area contributed by atoms with E-state index < -0.39 is 11.7 Å². The minimum absolute atomic E-state index is 0.120. The predicted octanol–water partition coefficient (Wildman–Crippen LogP) is 3.55. The minimum Gasteiger partial charge on any atom is -0.356 e. The minimum atomic E-state index is -4.33. The lowest BCUT2D eigenvalue weighted by atomic mass is 10.1. The first-order valence-corrected chi connectivity index (χ1v) is 6.36. The number of unbranched alkanes of at least 4 members (excludes halogenated alkanes) is 1. The van der Waals surface area contributed by atoms with Crippen molar-refractivity contribution in [3.63, 3.8) is 0 Å². The second kappa shape index (κ2) is 7.16. The molecule has 1 aromatic rings. The van der Waals surface area contributed by atoms with Gasteiger partial charge in [0.25, 0.3) is 0 Å². The number of carbonyl (C=O) groups is 1. The van der Waals surface area contributed by atoms with Gasteiger partial charge in [-0.1, -0.05) is 31.5 Å². The first kappa shape index (κ1) is 15.5. The molecule has 0 atom stereocenters. The van der Waals surface area contributed by atoms with Gasteiger partial charge in [-0.25, -0.2) is 0 Å². The highest BCUT2D eigenvalue weighted by Crippen LogP contribution is 2.29. The lowest BCUT2D eigenvalue weighted by Gasteiger charge is -2.09. The zero-order valence-corrected chi connectivity index (χ0v) is 10.9. The van der Waals surface area contributed by atoms with Gasteiger partial charge < -0.3 is 5.32 Å². The molecule has 0 fully saturated rings. The van der Waals surface area contributed by atoms with E-state index in [1.165, 1.54) is 6.07 Å². The molecule has 106 valence electrons. The lowest BCUT2D eigenvalue weighted by molar-refractivity contribution is -0.137. The summed E-state index contributed by atoms with van der Waals surface area (Å²) in [5.74, 6) is -0.120. The number of aryl methyl sites for hydroxylation is 1. The van der Waals surface area contributed by atoms with Gasteiger partial charge in [0.05, 0.1) is 5.56 Å². The summed E-state index contributed by atoms with van der Waals surface area (Å²) >= 11 is 0. The summed E-state index contributed by atoms with van der Waals surface area (Å²) in [4.78, 5) is 11.4. The second-order valence-electron chi connectivity index (χ2n) is 4.40. The van der Waals surface area contributed by atoms with Crippen molar-refractivity contribution < 1.29 is 18.0 Å². The normalized spacial score (nSPS) is 11.4. The van der Waals surface area contributed by atoms with Crippen LogP contribution in [0.3, 0.4) is 0 Å². The van der Waals surface area contributed by atoms with E-state index in [-0.39, 0.29) is 12.3 Å². The van der Waals surface area contributed by atoms with Crippen molar-refractivity contribution in [3.8, 4) is 0 Å². The van der Waals surface area contributed by atoms with E-state index in [4.69, 9.17) is 0 Å². The Kier molecular flexibility index (Phi) is 5.86. The molecule has 0 unspecified atom stereocenters. The maximum Gasteiger partial charge on any atom is 0.416 e. The summed E-state index contributed by atoms with van der Waals surface area (Å²) < 4.78 is 37.5. The van der Waals surface area contributed by atoms with Crippen molar-refractivity contribution in [1.82, 2.24) is 5.32 Å². The van der Waals surface area contributed by atoms with E-state index in [1.54, 1.807) is 6.07 Å². The van der Waals surface area contributed by atoms with Crippen LogP contribution in [0.5, 0.6) is 0 Å². The van der Waals surface area contributed by atoms with Gasteiger partial charge in [-0.2, -0.15) is 13.2 Å². The summed E-state index contributed by atoms with van der Waals surface area (Å²) in [6, 6.07) is 5.10.